The van der Waals surface area contributed by atoms with Crippen molar-refractivity contribution in [3.8, 4) is 11.5 Å². The molecule has 0 amide bonds. The number of ether oxygens (including phenoxy) is 2. The Morgan fingerprint density at radius 1 is 1.16 bits per heavy atom. The number of methoxy groups -OCH3 is 2. The van der Waals surface area contributed by atoms with Crippen molar-refractivity contribution in [2.75, 3.05) is 14.2 Å². The zero-order valence-electron chi connectivity index (χ0n) is 14.0. The van der Waals surface area contributed by atoms with Gasteiger partial charge in [0.1, 0.15) is 22.9 Å². The third kappa shape index (κ3) is 3.07. The van der Waals surface area contributed by atoms with Gasteiger partial charge in [0.15, 0.2) is 0 Å². The Morgan fingerprint density at radius 2 is 1.92 bits per heavy atom. The van der Waals surface area contributed by atoms with Crippen molar-refractivity contribution in [2.45, 2.75) is 13.3 Å². The van der Waals surface area contributed by atoms with Gasteiger partial charge in [-0.15, -0.1) is 0 Å². The van der Waals surface area contributed by atoms with Crippen LogP contribution in [0.15, 0.2) is 39.5 Å². The van der Waals surface area contributed by atoms with Crippen molar-refractivity contribution in [3.05, 3.63) is 68.3 Å². The quantitative estimate of drug-likeness (QED) is 0.641. The molecule has 0 bridgehead atoms. The van der Waals surface area contributed by atoms with Crippen LogP contribution in [0.5, 0.6) is 11.5 Å². The van der Waals surface area contributed by atoms with Crippen LogP contribution in [0.4, 0.5) is 4.39 Å². The molecule has 1 heterocycles. The lowest BCUT2D eigenvalue weighted by molar-refractivity contribution is 0.395. The Labute approximate surface area is 148 Å². The highest BCUT2D eigenvalue weighted by atomic mass is 35.5. The summed E-state index contributed by atoms with van der Waals surface area (Å²) >= 11 is 6.09. The minimum Gasteiger partial charge on any atom is -0.496 e. The Kier molecular flexibility index (Phi) is 4.68. The van der Waals surface area contributed by atoms with Crippen molar-refractivity contribution in [3.63, 3.8) is 0 Å². The summed E-state index contributed by atoms with van der Waals surface area (Å²) in [5.41, 5.74) is 1.06. The lowest BCUT2D eigenvalue weighted by atomic mass is 9.98. The Balaban J connectivity index is 2.25. The van der Waals surface area contributed by atoms with Crippen LogP contribution in [0.25, 0.3) is 11.0 Å². The lowest BCUT2D eigenvalue weighted by Gasteiger charge is -2.13. The van der Waals surface area contributed by atoms with Crippen molar-refractivity contribution in [1.82, 2.24) is 0 Å². The summed E-state index contributed by atoms with van der Waals surface area (Å²) in [5, 5.41) is 0.908. The Hall–Kier alpha value is -2.53. The molecule has 0 N–H and O–H groups in total. The number of hydrogen-bond donors (Lipinski definition) is 0. The summed E-state index contributed by atoms with van der Waals surface area (Å²) in [5.74, 6) is 0.557. The molecule has 3 rings (SSSR count). The predicted octanol–water partition coefficient (Wildman–Crippen LogP) is 4.50. The maximum absolute atomic E-state index is 14.1. The summed E-state index contributed by atoms with van der Waals surface area (Å²) in [6.45, 7) is 1.78. The number of fused-ring (bicyclic) bond motifs is 1. The van der Waals surface area contributed by atoms with Gasteiger partial charge in [-0.1, -0.05) is 17.7 Å². The summed E-state index contributed by atoms with van der Waals surface area (Å²) in [6, 6.07) is 7.74. The molecule has 0 saturated carbocycles. The zero-order valence-corrected chi connectivity index (χ0v) is 14.7. The largest absolute Gasteiger partial charge is 0.496 e. The van der Waals surface area contributed by atoms with E-state index in [2.05, 4.69) is 0 Å². The first-order chi connectivity index (χ1) is 12.0. The van der Waals surface area contributed by atoms with Gasteiger partial charge in [-0.3, -0.25) is 0 Å². The average Bonchev–Trinajstić information content (AvgIpc) is 2.59. The highest BCUT2D eigenvalue weighted by Crippen LogP contribution is 2.34. The molecule has 0 atom stereocenters. The average molecular weight is 363 g/mol. The van der Waals surface area contributed by atoms with Crippen LogP contribution < -0.4 is 15.1 Å². The molecule has 3 aromatic rings. The molecule has 0 saturated heterocycles. The van der Waals surface area contributed by atoms with Crippen LogP contribution in [0.3, 0.4) is 0 Å². The van der Waals surface area contributed by atoms with Gasteiger partial charge in [-0.2, -0.15) is 0 Å². The smallest absolute Gasteiger partial charge is 0.340 e. The first kappa shape index (κ1) is 17.3. The van der Waals surface area contributed by atoms with Crippen molar-refractivity contribution in [1.29, 1.82) is 0 Å². The van der Waals surface area contributed by atoms with E-state index < -0.39 is 11.4 Å². The second kappa shape index (κ2) is 6.76. The topological polar surface area (TPSA) is 48.7 Å². The van der Waals surface area contributed by atoms with Crippen molar-refractivity contribution < 1.29 is 18.3 Å². The lowest BCUT2D eigenvalue weighted by Crippen LogP contribution is -2.12. The van der Waals surface area contributed by atoms with Gasteiger partial charge >= 0.3 is 5.63 Å². The minimum atomic E-state index is -0.542. The fraction of sp³-hybridized carbons (Fsp3) is 0.211. The van der Waals surface area contributed by atoms with E-state index in [0.29, 0.717) is 33.6 Å². The van der Waals surface area contributed by atoms with Gasteiger partial charge in [-0.05, 0) is 24.6 Å². The standard InChI is InChI=1S/C19H16ClFO4/c1-10-12(9-13-14(20)5-4-6-15(13)21)19(22)25-17-8-11(23-2)7-16(24-3)18(10)17/h4-8H,9H2,1-3H3. The van der Waals surface area contributed by atoms with Crippen LogP contribution in [-0.4, -0.2) is 14.2 Å². The number of rotatable bonds is 4. The van der Waals surface area contributed by atoms with E-state index in [1.165, 1.54) is 26.4 Å². The third-order valence-corrected chi connectivity index (χ3v) is 4.54. The summed E-state index contributed by atoms with van der Waals surface area (Å²) < 4.78 is 30.1. The van der Waals surface area contributed by atoms with Crippen LogP contribution in [0, 0.1) is 12.7 Å². The van der Waals surface area contributed by atoms with E-state index in [0.717, 1.165) is 0 Å². The molecule has 0 spiro atoms. The number of halogens is 2. The molecule has 25 heavy (non-hydrogen) atoms. The van der Waals surface area contributed by atoms with E-state index in [4.69, 9.17) is 25.5 Å². The first-order valence-corrected chi connectivity index (χ1v) is 7.95. The molecule has 130 valence electrons. The van der Waals surface area contributed by atoms with E-state index in [1.807, 2.05) is 0 Å². The molecule has 0 aliphatic rings. The Bertz CT molecular complexity index is 990. The maximum atomic E-state index is 14.1. The Morgan fingerprint density at radius 3 is 2.56 bits per heavy atom. The zero-order chi connectivity index (χ0) is 18.1. The molecule has 0 aliphatic heterocycles. The second-order valence-electron chi connectivity index (χ2n) is 5.57. The highest BCUT2D eigenvalue weighted by molar-refractivity contribution is 6.31. The van der Waals surface area contributed by atoms with E-state index in [-0.39, 0.29) is 17.0 Å². The van der Waals surface area contributed by atoms with Gasteiger partial charge in [0.05, 0.1) is 19.6 Å². The van der Waals surface area contributed by atoms with Crippen LogP contribution in [0.1, 0.15) is 16.7 Å². The minimum absolute atomic E-state index is 0.0325. The van der Waals surface area contributed by atoms with Gasteiger partial charge in [0.2, 0.25) is 0 Å². The van der Waals surface area contributed by atoms with Crippen molar-refractivity contribution in [2.24, 2.45) is 0 Å². The predicted molar refractivity (Wildman–Crippen MR) is 94.5 cm³/mol. The summed E-state index contributed by atoms with van der Waals surface area (Å²) in [7, 11) is 3.03. The van der Waals surface area contributed by atoms with Crippen LogP contribution in [-0.2, 0) is 6.42 Å². The van der Waals surface area contributed by atoms with E-state index in [9.17, 15) is 9.18 Å². The molecule has 0 fully saturated rings. The maximum Gasteiger partial charge on any atom is 0.340 e. The molecular formula is C19H16ClFO4. The molecule has 2 aromatic carbocycles. The van der Waals surface area contributed by atoms with Gasteiger partial charge < -0.3 is 13.9 Å². The monoisotopic (exact) mass is 362 g/mol. The van der Waals surface area contributed by atoms with Gasteiger partial charge in [0.25, 0.3) is 0 Å². The highest BCUT2D eigenvalue weighted by Gasteiger charge is 2.19. The fourth-order valence-electron chi connectivity index (χ4n) is 2.84. The van der Waals surface area contributed by atoms with E-state index >= 15 is 0 Å². The molecule has 6 heteroatoms. The number of aryl methyl sites for hydroxylation is 1. The summed E-state index contributed by atoms with van der Waals surface area (Å²) in [6.07, 6.45) is 0.0325. The van der Waals surface area contributed by atoms with Gasteiger partial charge in [0, 0.05) is 34.7 Å². The molecular weight excluding hydrogens is 347 g/mol. The number of hydrogen-bond acceptors (Lipinski definition) is 4. The molecule has 0 aliphatic carbocycles. The third-order valence-electron chi connectivity index (χ3n) is 4.19. The summed E-state index contributed by atoms with van der Waals surface area (Å²) in [4.78, 5) is 12.5. The first-order valence-electron chi connectivity index (χ1n) is 7.57. The van der Waals surface area contributed by atoms with Crippen LogP contribution in [0.2, 0.25) is 5.02 Å². The SMILES string of the molecule is COc1cc(OC)c2c(C)c(Cc3c(F)cccc3Cl)c(=O)oc2c1. The van der Waals surface area contributed by atoms with Gasteiger partial charge in [-0.25, -0.2) is 9.18 Å². The normalized spacial score (nSPS) is 10.9. The van der Waals surface area contributed by atoms with E-state index in [1.54, 1.807) is 25.1 Å². The second-order valence-corrected chi connectivity index (χ2v) is 5.98. The van der Waals surface area contributed by atoms with Crippen LogP contribution >= 0.6 is 11.6 Å². The molecule has 0 radical (unpaired) electrons. The number of benzene rings is 2. The molecule has 0 unspecified atom stereocenters. The molecule has 4 nitrogen and oxygen atoms in total. The fourth-order valence-corrected chi connectivity index (χ4v) is 3.07. The van der Waals surface area contributed by atoms with Crippen molar-refractivity contribution >= 4 is 22.6 Å². The molecule has 1 aromatic heterocycles.